The summed E-state index contributed by atoms with van der Waals surface area (Å²) in [7, 11) is 0. The first-order chi connectivity index (χ1) is 19.6. The van der Waals surface area contributed by atoms with Crippen molar-refractivity contribution < 1.29 is 19.1 Å². The second kappa shape index (κ2) is 10.9. The van der Waals surface area contributed by atoms with E-state index in [0.29, 0.717) is 47.7 Å². The molecule has 3 aliphatic heterocycles. The third-order valence-corrected chi connectivity index (χ3v) is 7.99. The third kappa shape index (κ3) is 5.82. The molecular formula is C30H37N7O4. The van der Waals surface area contributed by atoms with Crippen LogP contribution in [0.5, 0.6) is 0 Å². The number of carbonyl (C=O) groups is 2. The van der Waals surface area contributed by atoms with Crippen molar-refractivity contribution >= 4 is 28.9 Å². The van der Waals surface area contributed by atoms with Crippen LogP contribution >= 0.6 is 0 Å². The molecule has 3 aromatic rings. The topological polar surface area (TPSA) is 136 Å². The molecule has 0 radical (unpaired) electrons. The first kappa shape index (κ1) is 27.3. The maximum Gasteiger partial charge on any atom is 0.410 e. The molecule has 1 aromatic carbocycles. The molecule has 11 heteroatoms. The van der Waals surface area contributed by atoms with Crippen LogP contribution in [0.1, 0.15) is 56.0 Å². The molecule has 2 bridgehead atoms. The molecule has 2 amide bonds. The van der Waals surface area contributed by atoms with E-state index in [-0.39, 0.29) is 17.7 Å². The summed E-state index contributed by atoms with van der Waals surface area (Å²) in [6.07, 6.45) is 3.95. The van der Waals surface area contributed by atoms with E-state index in [4.69, 9.17) is 20.2 Å². The zero-order valence-electron chi connectivity index (χ0n) is 23.8. The van der Waals surface area contributed by atoms with E-state index in [0.717, 1.165) is 38.2 Å². The highest BCUT2D eigenvalue weighted by molar-refractivity contribution is 6.06. The minimum atomic E-state index is -0.583. The van der Waals surface area contributed by atoms with E-state index in [1.54, 1.807) is 11.0 Å². The summed E-state index contributed by atoms with van der Waals surface area (Å²) in [5.41, 5.74) is 9.07. The van der Waals surface area contributed by atoms with Gasteiger partial charge in [0.05, 0.1) is 24.5 Å². The smallest absolute Gasteiger partial charge is 0.410 e. The number of rotatable bonds is 6. The van der Waals surface area contributed by atoms with Crippen molar-refractivity contribution in [3.8, 4) is 11.3 Å². The van der Waals surface area contributed by atoms with Gasteiger partial charge in [0, 0.05) is 43.3 Å². The highest BCUT2D eigenvalue weighted by Crippen LogP contribution is 2.33. The summed E-state index contributed by atoms with van der Waals surface area (Å²) >= 11 is 0. The number of hydrogen-bond acceptors (Lipinski definition) is 9. The first-order valence-corrected chi connectivity index (χ1v) is 14.3. The maximum atomic E-state index is 12.7. The van der Waals surface area contributed by atoms with Crippen molar-refractivity contribution in [3.05, 3.63) is 47.8 Å². The zero-order valence-corrected chi connectivity index (χ0v) is 23.8. The maximum absolute atomic E-state index is 12.7. The number of likely N-dealkylation sites (tertiary alicyclic amines) is 1. The molecule has 2 aromatic heterocycles. The molecule has 0 spiro atoms. The summed E-state index contributed by atoms with van der Waals surface area (Å²) in [4.78, 5) is 43.1. The average molecular weight is 560 g/mol. The number of morpholine rings is 1. The van der Waals surface area contributed by atoms with Crippen LogP contribution in [0, 0.1) is 0 Å². The fraction of sp³-hybridized carbons (Fsp3) is 0.500. The molecule has 0 saturated carbocycles. The summed E-state index contributed by atoms with van der Waals surface area (Å²) < 4.78 is 11.2. The normalized spacial score (nSPS) is 22.7. The van der Waals surface area contributed by atoms with Crippen molar-refractivity contribution in [1.82, 2.24) is 24.8 Å². The molecule has 11 nitrogen and oxygen atoms in total. The monoisotopic (exact) mass is 559 g/mol. The van der Waals surface area contributed by atoms with Gasteiger partial charge in [0.1, 0.15) is 23.0 Å². The summed E-state index contributed by atoms with van der Waals surface area (Å²) in [5.74, 6) is -0.0845. The Morgan fingerprint density at radius 1 is 1.12 bits per heavy atom. The van der Waals surface area contributed by atoms with Gasteiger partial charge in [0.15, 0.2) is 5.82 Å². The standard InChI is InChI=1S/C30H37N7O4/c1-30(2,3)41-29(39)36-10-4-5-20(14-36)34-28-26-25(32-17-33-28)23(27(31)38)12-24(35-26)19-8-6-18(7-9-19)13-37-21-11-22(37)16-40-15-21/h6-9,12,17,20-22H,4-5,10-11,13-16H2,1-3H3,(H2,31,38)(H,32,33,34)/t20-,21?,22?/m0/s1. The molecule has 3 fully saturated rings. The molecule has 3 saturated heterocycles. The Balaban J connectivity index is 1.25. The van der Waals surface area contributed by atoms with Crippen LogP contribution in [0.25, 0.3) is 22.3 Å². The molecule has 5 heterocycles. The number of aromatic nitrogens is 3. The van der Waals surface area contributed by atoms with E-state index in [9.17, 15) is 9.59 Å². The van der Waals surface area contributed by atoms with Gasteiger partial charge in [-0.25, -0.2) is 19.7 Å². The Hall–Kier alpha value is -3.83. The number of anilines is 1. The predicted octanol–water partition coefficient (Wildman–Crippen LogP) is 3.58. The SMILES string of the molecule is CC(C)(C)OC(=O)N1CCC[C@H](Nc2ncnc3c(C(N)=O)cc(-c4ccc(CN5C6COCC5C6)cc4)nc23)C1. The number of hydrogen-bond donors (Lipinski definition) is 2. The molecule has 2 unspecified atom stereocenters. The molecule has 0 aliphatic carbocycles. The lowest BCUT2D eigenvalue weighted by molar-refractivity contribution is -0.131. The molecule has 3 N–H and O–H groups in total. The summed E-state index contributed by atoms with van der Waals surface area (Å²) in [5, 5.41) is 3.45. The second-order valence-corrected chi connectivity index (χ2v) is 12.2. The second-order valence-electron chi connectivity index (χ2n) is 12.2. The van der Waals surface area contributed by atoms with Crippen molar-refractivity contribution in [2.24, 2.45) is 5.73 Å². The van der Waals surface area contributed by atoms with Gasteiger partial charge < -0.3 is 25.4 Å². The van der Waals surface area contributed by atoms with Gasteiger partial charge in [-0.2, -0.15) is 0 Å². The first-order valence-electron chi connectivity index (χ1n) is 14.3. The zero-order chi connectivity index (χ0) is 28.7. The van der Waals surface area contributed by atoms with Crippen LogP contribution in [0.2, 0.25) is 0 Å². The number of carbonyl (C=O) groups excluding carboxylic acids is 2. The highest BCUT2D eigenvalue weighted by atomic mass is 16.6. The lowest BCUT2D eigenvalue weighted by Crippen LogP contribution is -2.62. The number of fused-ring (bicyclic) bond motifs is 3. The number of nitrogens with zero attached hydrogens (tertiary/aromatic N) is 5. The summed E-state index contributed by atoms with van der Waals surface area (Å²) in [6, 6.07) is 10.9. The Bertz CT molecular complexity index is 1440. The van der Waals surface area contributed by atoms with Crippen LogP contribution in [0.3, 0.4) is 0 Å². The van der Waals surface area contributed by atoms with E-state index in [2.05, 4.69) is 32.3 Å². The predicted molar refractivity (Wildman–Crippen MR) is 154 cm³/mol. The lowest BCUT2D eigenvalue weighted by Gasteiger charge is -2.52. The average Bonchev–Trinajstić information content (AvgIpc) is 2.95. The number of nitrogens with two attached hydrogens (primary N) is 1. The van der Waals surface area contributed by atoms with Gasteiger partial charge in [-0.15, -0.1) is 0 Å². The van der Waals surface area contributed by atoms with Crippen LogP contribution < -0.4 is 11.1 Å². The number of pyridine rings is 1. The lowest BCUT2D eigenvalue weighted by atomic mass is 9.90. The Morgan fingerprint density at radius 3 is 2.56 bits per heavy atom. The van der Waals surface area contributed by atoms with E-state index < -0.39 is 11.5 Å². The number of ether oxygens (including phenoxy) is 2. The summed E-state index contributed by atoms with van der Waals surface area (Å²) in [6.45, 7) is 9.18. The van der Waals surface area contributed by atoms with E-state index in [1.165, 1.54) is 18.3 Å². The van der Waals surface area contributed by atoms with Gasteiger partial charge in [-0.05, 0) is 51.7 Å². The quantitative estimate of drug-likeness (QED) is 0.464. The van der Waals surface area contributed by atoms with Gasteiger partial charge in [-0.1, -0.05) is 24.3 Å². The number of benzene rings is 1. The van der Waals surface area contributed by atoms with Crippen molar-refractivity contribution in [2.45, 2.75) is 70.3 Å². The van der Waals surface area contributed by atoms with Crippen LogP contribution in [-0.4, -0.2) is 86.8 Å². The fourth-order valence-corrected chi connectivity index (χ4v) is 5.92. The molecule has 3 atom stereocenters. The largest absolute Gasteiger partial charge is 0.444 e. The Kier molecular flexibility index (Phi) is 7.25. The molecule has 41 heavy (non-hydrogen) atoms. The van der Waals surface area contributed by atoms with Crippen molar-refractivity contribution in [1.29, 1.82) is 0 Å². The molecule has 6 rings (SSSR count). The van der Waals surface area contributed by atoms with Gasteiger partial charge in [0.2, 0.25) is 0 Å². The Labute approximate surface area is 239 Å². The third-order valence-electron chi connectivity index (χ3n) is 7.99. The van der Waals surface area contributed by atoms with E-state index in [1.807, 2.05) is 32.9 Å². The van der Waals surface area contributed by atoms with Gasteiger partial charge >= 0.3 is 6.09 Å². The van der Waals surface area contributed by atoms with Gasteiger partial charge in [0.25, 0.3) is 5.91 Å². The molecule has 3 aliphatic rings. The fourth-order valence-electron chi connectivity index (χ4n) is 5.92. The number of nitrogens with one attached hydrogen (secondary N) is 1. The van der Waals surface area contributed by atoms with Crippen LogP contribution in [0.4, 0.5) is 10.6 Å². The minimum Gasteiger partial charge on any atom is -0.444 e. The van der Waals surface area contributed by atoms with Crippen LogP contribution in [0.15, 0.2) is 36.7 Å². The van der Waals surface area contributed by atoms with Crippen molar-refractivity contribution in [2.75, 3.05) is 31.6 Å². The number of piperidine rings is 1. The van der Waals surface area contributed by atoms with Crippen molar-refractivity contribution in [3.63, 3.8) is 0 Å². The van der Waals surface area contributed by atoms with E-state index >= 15 is 0 Å². The van der Waals surface area contributed by atoms with Crippen LogP contribution in [-0.2, 0) is 16.0 Å². The van der Waals surface area contributed by atoms with Gasteiger partial charge in [-0.3, -0.25) is 9.69 Å². The highest BCUT2D eigenvalue weighted by Gasteiger charge is 2.41. The minimum absolute atomic E-state index is 0.0671. The number of amides is 2. The Morgan fingerprint density at radius 2 is 1.88 bits per heavy atom. The number of primary amides is 1. The molecule has 216 valence electrons. The molecular weight excluding hydrogens is 522 g/mol.